The molecule has 0 fully saturated rings. The van der Waals surface area contributed by atoms with Gasteiger partial charge in [-0.05, 0) is 23.8 Å². The van der Waals surface area contributed by atoms with Crippen LogP contribution in [0, 0.1) is 10.1 Å². The van der Waals surface area contributed by atoms with Gasteiger partial charge in [-0.3, -0.25) is 10.1 Å². The maximum absolute atomic E-state index is 10.6. The first kappa shape index (κ1) is 13.5. The molecule has 0 saturated heterocycles. The predicted octanol–water partition coefficient (Wildman–Crippen LogP) is 3.41. The molecule has 1 N–H and O–H groups in total. The molecule has 0 unspecified atom stereocenters. The van der Waals surface area contributed by atoms with Crippen molar-refractivity contribution in [2.75, 3.05) is 12.4 Å². The molecule has 0 saturated carbocycles. The third kappa shape index (κ3) is 3.77. The Morgan fingerprint density at radius 2 is 2.21 bits per heavy atom. The average Bonchev–Trinajstić information content (AvgIpc) is 2.86. The van der Waals surface area contributed by atoms with Crippen molar-refractivity contribution in [3.8, 4) is 0 Å². The number of nitrogens with zero attached hydrogens (tertiary/aromatic N) is 1. The Bertz CT molecular complexity index is 569. The molecular formula is C13H14N2O3S. The van der Waals surface area contributed by atoms with Crippen molar-refractivity contribution in [1.82, 2.24) is 0 Å². The van der Waals surface area contributed by atoms with Gasteiger partial charge in [0.2, 0.25) is 0 Å². The highest BCUT2D eigenvalue weighted by Crippen LogP contribution is 2.24. The quantitative estimate of drug-likeness (QED) is 0.649. The minimum atomic E-state index is -0.368. The van der Waals surface area contributed by atoms with E-state index in [9.17, 15) is 10.1 Å². The van der Waals surface area contributed by atoms with Crippen molar-refractivity contribution in [1.29, 1.82) is 0 Å². The number of nitrogens with one attached hydrogen (secondary N) is 1. The highest BCUT2D eigenvalue weighted by Gasteiger charge is 2.09. The highest BCUT2D eigenvalue weighted by molar-refractivity contribution is 7.15. The minimum Gasteiger partial charge on any atom is -0.380 e. The fourth-order valence-corrected chi connectivity index (χ4v) is 2.45. The predicted molar refractivity (Wildman–Crippen MR) is 75.5 cm³/mol. The normalized spacial score (nSPS) is 10.4. The van der Waals surface area contributed by atoms with Gasteiger partial charge in [-0.25, -0.2) is 0 Å². The molecule has 1 aromatic carbocycles. The van der Waals surface area contributed by atoms with Crippen LogP contribution in [0.4, 0.5) is 10.7 Å². The summed E-state index contributed by atoms with van der Waals surface area (Å²) in [5.74, 6) is 0. The lowest BCUT2D eigenvalue weighted by molar-refractivity contribution is -0.380. The van der Waals surface area contributed by atoms with Crippen molar-refractivity contribution in [3.63, 3.8) is 0 Å². The Hall–Kier alpha value is -1.92. The van der Waals surface area contributed by atoms with Crippen molar-refractivity contribution < 1.29 is 9.66 Å². The maximum Gasteiger partial charge on any atom is 0.324 e. The van der Waals surface area contributed by atoms with Crippen molar-refractivity contribution in [2.24, 2.45) is 0 Å². The SMILES string of the molecule is COCc1cccc(NCc2ccc([N+](=O)[O-])s2)c1. The van der Waals surface area contributed by atoms with E-state index in [0.29, 0.717) is 13.2 Å². The third-order valence-electron chi connectivity index (χ3n) is 2.53. The summed E-state index contributed by atoms with van der Waals surface area (Å²) in [6, 6.07) is 11.2. The van der Waals surface area contributed by atoms with E-state index in [4.69, 9.17) is 4.74 Å². The molecule has 5 nitrogen and oxygen atoms in total. The van der Waals surface area contributed by atoms with E-state index < -0.39 is 0 Å². The Kier molecular flexibility index (Phi) is 4.48. The van der Waals surface area contributed by atoms with Crippen LogP contribution in [-0.4, -0.2) is 12.0 Å². The van der Waals surface area contributed by atoms with Gasteiger partial charge in [0.25, 0.3) is 0 Å². The van der Waals surface area contributed by atoms with Crippen LogP contribution in [-0.2, 0) is 17.9 Å². The number of anilines is 1. The Morgan fingerprint density at radius 1 is 1.37 bits per heavy atom. The summed E-state index contributed by atoms with van der Waals surface area (Å²) in [7, 11) is 1.66. The monoisotopic (exact) mass is 278 g/mol. The fourth-order valence-electron chi connectivity index (χ4n) is 1.69. The Balaban J connectivity index is 1.97. The number of ether oxygens (including phenoxy) is 1. The zero-order valence-corrected chi connectivity index (χ0v) is 11.3. The molecule has 0 atom stereocenters. The molecule has 0 aliphatic carbocycles. The summed E-state index contributed by atoms with van der Waals surface area (Å²) < 4.78 is 5.07. The van der Waals surface area contributed by atoms with E-state index in [1.165, 1.54) is 17.4 Å². The van der Waals surface area contributed by atoms with Gasteiger partial charge in [-0.2, -0.15) is 0 Å². The van der Waals surface area contributed by atoms with Crippen LogP contribution in [0.2, 0.25) is 0 Å². The molecule has 0 aliphatic rings. The van der Waals surface area contributed by atoms with Crippen LogP contribution >= 0.6 is 11.3 Å². The zero-order valence-electron chi connectivity index (χ0n) is 10.5. The molecule has 1 heterocycles. The molecule has 100 valence electrons. The average molecular weight is 278 g/mol. The van der Waals surface area contributed by atoms with Crippen LogP contribution in [0.15, 0.2) is 36.4 Å². The van der Waals surface area contributed by atoms with Crippen LogP contribution in [0.5, 0.6) is 0 Å². The second-order valence-corrected chi connectivity index (χ2v) is 5.13. The van der Waals surface area contributed by atoms with E-state index in [0.717, 1.165) is 16.1 Å². The van der Waals surface area contributed by atoms with Crippen LogP contribution < -0.4 is 5.32 Å². The van der Waals surface area contributed by atoms with E-state index in [-0.39, 0.29) is 9.92 Å². The number of thiophene rings is 1. The van der Waals surface area contributed by atoms with Gasteiger partial charge in [-0.15, -0.1) is 0 Å². The Morgan fingerprint density at radius 3 is 2.89 bits per heavy atom. The molecule has 0 aliphatic heterocycles. The smallest absolute Gasteiger partial charge is 0.324 e. The second kappa shape index (κ2) is 6.31. The summed E-state index contributed by atoms with van der Waals surface area (Å²) in [5, 5.41) is 14.0. The zero-order chi connectivity index (χ0) is 13.7. The van der Waals surface area contributed by atoms with E-state index in [1.807, 2.05) is 24.3 Å². The molecule has 0 spiro atoms. The highest BCUT2D eigenvalue weighted by atomic mass is 32.1. The van der Waals surface area contributed by atoms with Gasteiger partial charge < -0.3 is 10.1 Å². The number of hydrogen-bond acceptors (Lipinski definition) is 5. The summed E-state index contributed by atoms with van der Waals surface area (Å²) in [4.78, 5) is 11.2. The molecule has 19 heavy (non-hydrogen) atoms. The van der Waals surface area contributed by atoms with Crippen LogP contribution in [0.1, 0.15) is 10.4 Å². The maximum atomic E-state index is 10.6. The van der Waals surface area contributed by atoms with Gasteiger partial charge in [0.15, 0.2) is 0 Å². The van der Waals surface area contributed by atoms with Gasteiger partial charge in [0, 0.05) is 30.3 Å². The summed E-state index contributed by atoms with van der Waals surface area (Å²) in [6.07, 6.45) is 0. The molecular weight excluding hydrogens is 264 g/mol. The summed E-state index contributed by atoms with van der Waals surface area (Å²) in [6.45, 7) is 1.15. The topological polar surface area (TPSA) is 64.4 Å². The number of benzene rings is 1. The number of methoxy groups -OCH3 is 1. The number of nitro groups is 1. The number of hydrogen-bond donors (Lipinski definition) is 1. The summed E-state index contributed by atoms with van der Waals surface area (Å²) in [5.41, 5.74) is 2.07. The molecule has 2 rings (SSSR count). The first-order chi connectivity index (χ1) is 9.19. The van der Waals surface area contributed by atoms with Crippen LogP contribution in [0.3, 0.4) is 0 Å². The largest absolute Gasteiger partial charge is 0.380 e. The Labute approximate surface area is 115 Å². The molecule has 0 amide bonds. The van der Waals surface area contributed by atoms with Crippen molar-refractivity contribution in [2.45, 2.75) is 13.2 Å². The van der Waals surface area contributed by atoms with Gasteiger partial charge in [0.05, 0.1) is 11.5 Å². The third-order valence-corrected chi connectivity index (χ3v) is 3.57. The lowest BCUT2D eigenvalue weighted by Crippen LogP contribution is -1.98. The first-order valence-electron chi connectivity index (χ1n) is 5.74. The van der Waals surface area contributed by atoms with Gasteiger partial charge >= 0.3 is 5.00 Å². The number of rotatable bonds is 6. The minimum absolute atomic E-state index is 0.171. The molecule has 1 aromatic heterocycles. The standard InChI is InChI=1S/C13H14N2O3S/c1-18-9-10-3-2-4-11(7-10)14-8-12-5-6-13(19-12)15(16)17/h2-7,14H,8-9H2,1H3. The van der Waals surface area contributed by atoms with Gasteiger partial charge in [0.1, 0.15) is 0 Å². The molecule has 2 aromatic rings. The van der Waals surface area contributed by atoms with E-state index >= 15 is 0 Å². The second-order valence-electron chi connectivity index (χ2n) is 3.98. The lowest BCUT2D eigenvalue weighted by Gasteiger charge is -2.06. The molecule has 0 bridgehead atoms. The van der Waals surface area contributed by atoms with Crippen molar-refractivity contribution in [3.05, 3.63) is 57.0 Å². The van der Waals surface area contributed by atoms with Crippen LogP contribution in [0.25, 0.3) is 0 Å². The molecule has 0 radical (unpaired) electrons. The first-order valence-corrected chi connectivity index (χ1v) is 6.55. The lowest BCUT2D eigenvalue weighted by atomic mass is 10.2. The molecule has 6 heteroatoms. The fraction of sp³-hybridized carbons (Fsp3) is 0.231. The van der Waals surface area contributed by atoms with Crippen molar-refractivity contribution >= 4 is 22.0 Å². The van der Waals surface area contributed by atoms with E-state index in [1.54, 1.807) is 13.2 Å². The van der Waals surface area contributed by atoms with Gasteiger partial charge in [-0.1, -0.05) is 23.5 Å². The summed E-state index contributed by atoms with van der Waals surface area (Å²) >= 11 is 1.19. The van der Waals surface area contributed by atoms with E-state index in [2.05, 4.69) is 5.32 Å².